The van der Waals surface area contributed by atoms with E-state index in [1.54, 1.807) is 0 Å². The summed E-state index contributed by atoms with van der Waals surface area (Å²) in [4.78, 5) is 23.5. The van der Waals surface area contributed by atoms with E-state index in [4.69, 9.17) is 10.7 Å². The number of non-ortho nitro benzene ring substituents is 1. The van der Waals surface area contributed by atoms with E-state index in [9.17, 15) is 23.3 Å². The molecule has 21 heavy (non-hydrogen) atoms. The molecule has 7 nitrogen and oxygen atoms in total. The Balaban J connectivity index is 2.23. The minimum atomic E-state index is -3.67. The monoisotopic (exact) mass is 396 g/mol. The van der Waals surface area contributed by atoms with Crippen molar-refractivity contribution in [2.75, 3.05) is 17.2 Å². The average molecular weight is 398 g/mol. The summed E-state index contributed by atoms with van der Waals surface area (Å²) in [7, 11) is 1.53. The lowest BCUT2D eigenvalue weighted by molar-refractivity contribution is -0.384. The molecular weight excluding hydrogens is 388 g/mol. The highest BCUT2D eigenvalue weighted by molar-refractivity contribution is 9.10. The lowest BCUT2D eigenvalue weighted by Crippen LogP contribution is -2.25. The predicted octanol–water partition coefficient (Wildman–Crippen LogP) is 2.28. The molecule has 0 bridgehead atoms. The Morgan fingerprint density at radius 2 is 2.14 bits per heavy atom. The van der Waals surface area contributed by atoms with Gasteiger partial charge in [-0.1, -0.05) is 0 Å². The molecule has 114 valence electrons. The van der Waals surface area contributed by atoms with Crippen molar-refractivity contribution in [3.05, 3.63) is 32.8 Å². The van der Waals surface area contributed by atoms with E-state index >= 15 is 0 Å². The maximum Gasteiger partial charge on any atom is 0.270 e. The van der Waals surface area contributed by atoms with Gasteiger partial charge in [0.2, 0.25) is 15.0 Å². The number of anilines is 1. The minimum absolute atomic E-state index is 0.0787. The van der Waals surface area contributed by atoms with Gasteiger partial charge in [-0.2, -0.15) is 0 Å². The first-order chi connectivity index (χ1) is 9.67. The first-order valence-electron chi connectivity index (χ1n) is 5.84. The summed E-state index contributed by atoms with van der Waals surface area (Å²) in [6.45, 7) is 0.210. The van der Waals surface area contributed by atoms with Crippen molar-refractivity contribution >= 4 is 52.9 Å². The van der Waals surface area contributed by atoms with Gasteiger partial charge >= 0.3 is 0 Å². The van der Waals surface area contributed by atoms with Gasteiger partial charge in [-0.15, -0.1) is 0 Å². The molecule has 1 aromatic carbocycles. The molecule has 1 amide bonds. The number of hydrogen-bond donors (Lipinski definition) is 0. The fourth-order valence-corrected chi connectivity index (χ4v) is 4.14. The van der Waals surface area contributed by atoms with E-state index in [-0.39, 0.29) is 36.2 Å². The Labute approximate surface area is 133 Å². The van der Waals surface area contributed by atoms with Gasteiger partial charge in [0.05, 0.1) is 16.4 Å². The van der Waals surface area contributed by atoms with Crippen molar-refractivity contribution in [2.45, 2.75) is 6.42 Å². The lowest BCUT2D eigenvalue weighted by atomic mass is 10.1. The topological polar surface area (TPSA) is 97.6 Å². The lowest BCUT2D eigenvalue weighted by Gasteiger charge is -2.18. The van der Waals surface area contributed by atoms with Crippen LogP contribution in [0.4, 0.5) is 11.4 Å². The van der Waals surface area contributed by atoms with Crippen LogP contribution in [-0.2, 0) is 13.8 Å². The number of nitro groups is 1. The second kappa shape index (κ2) is 5.90. The fourth-order valence-electron chi connectivity index (χ4n) is 2.24. The van der Waals surface area contributed by atoms with Crippen molar-refractivity contribution in [2.24, 2.45) is 5.92 Å². The zero-order valence-electron chi connectivity index (χ0n) is 10.5. The summed E-state index contributed by atoms with van der Waals surface area (Å²) in [5.41, 5.74) is 0.372. The van der Waals surface area contributed by atoms with Gasteiger partial charge in [0.25, 0.3) is 5.69 Å². The molecule has 1 unspecified atom stereocenters. The molecule has 0 spiro atoms. The average Bonchev–Trinajstić information content (AvgIpc) is 2.67. The van der Waals surface area contributed by atoms with Gasteiger partial charge in [0, 0.05) is 46.2 Å². The summed E-state index contributed by atoms with van der Waals surface area (Å²) in [5, 5.41) is 10.7. The number of halogens is 2. The molecule has 1 heterocycles. The number of nitrogens with zero attached hydrogens (tertiary/aromatic N) is 2. The van der Waals surface area contributed by atoms with Crippen LogP contribution in [0.15, 0.2) is 22.7 Å². The summed E-state index contributed by atoms with van der Waals surface area (Å²) in [5.74, 6) is -0.904. The highest BCUT2D eigenvalue weighted by Crippen LogP contribution is 2.34. The third-order valence-electron chi connectivity index (χ3n) is 3.07. The fraction of sp³-hybridized carbons (Fsp3) is 0.364. The largest absolute Gasteiger partial charge is 0.311 e. The summed E-state index contributed by atoms with van der Waals surface area (Å²) in [6, 6.07) is 4.05. The Kier molecular flexibility index (Phi) is 4.54. The van der Waals surface area contributed by atoms with Crippen LogP contribution >= 0.6 is 26.6 Å². The Morgan fingerprint density at radius 1 is 1.48 bits per heavy atom. The number of nitro benzene ring substituents is 1. The summed E-state index contributed by atoms with van der Waals surface area (Å²) >= 11 is 3.19. The quantitative estimate of drug-likeness (QED) is 0.441. The predicted molar refractivity (Wildman–Crippen MR) is 80.9 cm³/mol. The van der Waals surface area contributed by atoms with Crippen LogP contribution in [0.5, 0.6) is 0 Å². The highest BCUT2D eigenvalue weighted by Gasteiger charge is 2.34. The normalized spacial score (nSPS) is 19.0. The second-order valence-corrected chi connectivity index (χ2v) is 8.35. The third-order valence-corrected chi connectivity index (χ3v) is 4.96. The second-order valence-electron chi connectivity index (χ2n) is 4.67. The molecule has 0 radical (unpaired) electrons. The number of benzene rings is 1. The molecular formula is C11H10BrClN2O5S. The molecule has 1 aliphatic rings. The van der Waals surface area contributed by atoms with Crippen LogP contribution in [0.25, 0.3) is 0 Å². The van der Waals surface area contributed by atoms with Crippen LogP contribution in [0.2, 0.25) is 0 Å². The van der Waals surface area contributed by atoms with Gasteiger partial charge in [-0.25, -0.2) is 8.42 Å². The molecule has 10 heteroatoms. The van der Waals surface area contributed by atoms with E-state index in [2.05, 4.69) is 15.9 Å². The van der Waals surface area contributed by atoms with Gasteiger partial charge < -0.3 is 4.90 Å². The number of amides is 1. The van der Waals surface area contributed by atoms with E-state index in [1.807, 2.05) is 0 Å². The Hall–Kier alpha value is -1.19. The number of carbonyl (C=O) groups is 1. The maximum absolute atomic E-state index is 12.0. The van der Waals surface area contributed by atoms with E-state index in [0.29, 0.717) is 10.2 Å². The molecule has 1 aromatic rings. The van der Waals surface area contributed by atoms with Gasteiger partial charge in [0.15, 0.2) is 0 Å². The van der Waals surface area contributed by atoms with Gasteiger partial charge in [0.1, 0.15) is 0 Å². The van der Waals surface area contributed by atoms with E-state index < -0.39 is 14.0 Å². The minimum Gasteiger partial charge on any atom is -0.311 e. The zero-order chi connectivity index (χ0) is 15.8. The zero-order valence-corrected chi connectivity index (χ0v) is 13.7. The van der Waals surface area contributed by atoms with Gasteiger partial charge in [-0.05, 0) is 22.0 Å². The number of hydrogen-bond acceptors (Lipinski definition) is 5. The van der Waals surface area contributed by atoms with E-state index in [1.165, 1.54) is 23.1 Å². The SMILES string of the molecule is O=C1CC(CS(=O)(=O)Cl)CN1c1ccc([N+](=O)[O-])cc1Br. The Morgan fingerprint density at radius 3 is 2.67 bits per heavy atom. The van der Waals surface area contributed by atoms with Crippen LogP contribution in [-0.4, -0.2) is 31.5 Å². The molecule has 1 saturated heterocycles. The molecule has 1 aliphatic heterocycles. The standard InChI is InChI=1S/C11H10BrClN2O5S/c12-9-4-8(15(17)18)1-2-10(9)14-5-7(3-11(14)16)6-21(13,19)20/h1-2,4,7H,3,5-6H2. The van der Waals surface area contributed by atoms with Crippen LogP contribution in [0.1, 0.15) is 6.42 Å². The first-order valence-corrected chi connectivity index (χ1v) is 9.11. The summed E-state index contributed by atoms with van der Waals surface area (Å²) in [6.07, 6.45) is 0.0787. The smallest absolute Gasteiger partial charge is 0.270 e. The van der Waals surface area contributed by atoms with Gasteiger partial charge in [-0.3, -0.25) is 14.9 Å². The van der Waals surface area contributed by atoms with Crippen molar-refractivity contribution in [3.8, 4) is 0 Å². The first kappa shape index (κ1) is 16.2. The number of carbonyl (C=O) groups excluding carboxylic acids is 1. The maximum atomic E-state index is 12.0. The molecule has 2 rings (SSSR count). The molecule has 0 N–H and O–H groups in total. The summed E-state index contributed by atoms with van der Waals surface area (Å²) < 4.78 is 22.6. The Bertz CT molecular complexity index is 709. The molecule has 1 atom stereocenters. The number of rotatable bonds is 4. The van der Waals surface area contributed by atoms with Crippen LogP contribution in [0.3, 0.4) is 0 Å². The van der Waals surface area contributed by atoms with Crippen LogP contribution < -0.4 is 4.90 Å². The van der Waals surface area contributed by atoms with Crippen molar-refractivity contribution in [3.63, 3.8) is 0 Å². The van der Waals surface area contributed by atoms with Crippen molar-refractivity contribution in [1.29, 1.82) is 0 Å². The third kappa shape index (κ3) is 3.92. The molecule has 0 saturated carbocycles. The molecule has 0 aromatic heterocycles. The highest BCUT2D eigenvalue weighted by atomic mass is 79.9. The molecule has 1 fully saturated rings. The van der Waals surface area contributed by atoms with E-state index in [0.717, 1.165) is 0 Å². The van der Waals surface area contributed by atoms with Crippen molar-refractivity contribution < 1.29 is 18.1 Å². The van der Waals surface area contributed by atoms with Crippen LogP contribution in [0, 0.1) is 16.0 Å². The van der Waals surface area contributed by atoms with Crippen molar-refractivity contribution in [1.82, 2.24) is 0 Å². The molecule has 0 aliphatic carbocycles.